The molecule has 2 N–H and O–H groups in total. The molecule has 13 heavy (non-hydrogen) atoms. The first-order chi connectivity index (χ1) is 6.40. The number of fused-ring (bicyclic) bond motifs is 3. The molecule has 76 valence electrons. The van der Waals surface area contributed by atoms with E-state index in [2.05, 4.69) is 10.2 Å². The monoisotopic (exact) mass is 184 g/mol. The normalized spacial score (nSPS) is 38.1. The van der Waals surface area contributed by atoms with Gasteiger partial charge >= 0.3 is 0 Å². The van der Waals surface area contributed by atoms with Gasteiger partial charge in [0.25, 0.3) is 0 Å². The smallest absolute Gasteiger partial charge is 0.0443 e. The van der Waals surface area contributed by atoms with Crippen molar-refractivity contribution in [2.45, 2.75) is 25.3 Å². The zero-order chi connectivity index (χ0) is 9.10. The lowest BCUT2D eigenvalue weighted by Gasteiger charge is -2.45. The standard InChI is InChI=1S/C10H20N2O/c13-7-1-4-11-10-8-12-5-2-9(10)3-6-12/h9-11,13H,1-8H2. The fourth-order valence-electron chi connectivity index (χ4n) is 2.56. The Bertz CT molecular complexity index is 155. The van der Waals surface area contributed by atoms with Crippen LogP contribution in [-0.4, -0.2) is 48.8 Å². The van der Waals surface area contributed by atoms with Crippen LogP contribution in [0.1, 0.15) is 19.3 Å². The number of nitrogens with zero attached hydrogens (tertiary/aromatic N) is 1. The molecule has 0 aromatic carbocycles. The number of piperidine rings is 3. The van der Waals surface area contributed by atoms with Crippen molar-refractivity contribution < 1.29 is 5.11 Å². The van der Waals surface area contributed by atoms with Gasteiger partial charge in [-0.1, -0.05) is 0 Å². The van der Waals surface area contributed by atoms with Crippen molar-refractivity contribution >= 4 is 0 Å². The highest BCUT2D eigenvalue weighted by Gasteiger charge is 2.33. The molecule has 3 nitrogen and oxygen atoms in total. The van der Waals surface area contributed by atoms with Crippen LogP contribution in [0.2, 0.25) is 0 Å². The van der Waals surface area contributed by atoms with Crippen LogP contribution in [0, 0.1) is 5.92 Å². The van der Waals surface area contributed by atoms with Crippen LogP contribution in [-0.2, 0) is 0 Å². The second-order valence-corrected chi connectivity index (χ2v) is 4.28. The maximum absolute atomic E-state index is 8.68. The summed E-state index contributed by atoms with van der Waals surface area (Å²) < 4.78 is 0. The summed E-state index contributed by atoms with van der Waals surface area (Å²) in [7, 11) is 0. The molecule has 0 radical (unpaired) electrons. The number of aliphatic hydroxyl groups excluding tert-OH is 1. The van der Waals surface area contributed by atoms with Crippen LogP contribution in [0.25, 0.3) is 0 Å². The van der Waals surface area contributed by atoms with Crippen molar-refractivity contribution in [3.05, 3.63) is 0 Å². The van der Waals surface area contributed by atoms with Gasteiger partial charge < -0.3 is 15.3 Å². The maximum atomic E-state index is 8.68. The summed E-state index contributed by atoms with van der Waals surface area (Å²) in [6.45, 7) is 5.14. The number of rotatable bonds is 4. The summed E-state index contributed by atoms with van der Waals surface area (Å²) in [5, 5.41) is 12.2. The van der Waals surface area contributed by atoms with Gasteiger partial charge in [0.1, 0.15) is 0 Å². The quantitative estimate of drug-likeness (QED) is 0.606. The average Bonchev–Trinajstić information content (AvgIpc) is 2.20. The summed E-state index contributed by atoms with van der Waals surface area (Å²) in [6, 6.07) is 0.703. The van der Waals surface area contributed by atoms with Crippen molar-refractivity contribution in [1.82, 2.24) is 10.2 Å². The van der Waals surface area contributed by atoms with E-state index in [4.69, 9.17) is 5.11 Å². The van der Waals surface area contributed by atoms with Crippen LogP contribution >= 0.6 is 0 Å². The number of aliphatic hydroxyl groups is 1. The third-order valence-electron chi connectivity index (χ3n) is 3.40. The van der Waals surface area contributed by atoms with E-state index in [0.717, 1.165) is 18.9 Å². The molecule has 3 heteroatoms. The van der Waals surface area contributed by atoms with Crippen LogP contribution in [0.5, 0.6) is 0 Å². The molecule has 0 aromatic rings. The summed E-state index contributed by atoms with van der Waals surface area (Å²) in [6.07, 6.45) is 3.64. The van der Waals surface area contributed by atoms with Crippen molar-refractivity contribution in [2.24, 2.45) is 5.92 Å². The minimum Gasteiger partial charge on any atom is -0.396 e. The van der Waals surface area contributed by atoms with E-state index >= 15 is 0 Å². The zero-order valence-corrected chi connectivity index (χ0v) is 8.21. The largest absolute Gasteiger partial charge is 0.396 e. The summed E-state index contributed by atoms with van der Waals surface area (Å²) >= 11 is 0. The predicted octanol–water partition coefficient (Wildman–Crippen LogP) is 0.0526. The van der Waals surface area contributed by atoms with Gasteiger partial charge in [-0.2, -0.15) is 0 Å². The Hall–Kier alpha value is -0.120. The Morgan fingerprint density at radius 3 is 2.62 bits per heavy atom. The number of nitrogens with one attached hydrogen (secondary N) is 1. The Kier molecular flexibility index (Phi) is 3.19. The first-order valence-corrected chi connectivity index (χ1v) is 5.47. The van der Waals surface area contributed by atoms with E-state index in [1.807, 2.05) is 0 Å². The van der Waals surface area contributed by atoms with Crippen molar-refractivity contribution in [2.75, 3.05) is 32.8 Å². The van der Waals surface area contributed by atoms with Crippen LogP contribution in [0.4, 0.5) is 0 Å². The fraction of sp³-hybridized carbons (Fsp3) is 1.00. The second-order valence-electron chi connectivity index (χ2n) is 4.28. The average molecular weight is 184 g/mol. The Morgan fingerprint density at radius 1 is 1.31 bits per heavy atom. The summed E-state index contributed by atoms with van der Waals surface area (Å²) in [5.74, 6) is 0.906. The lowest BCUT2D eigenvalue weighted by Crippen LogP contribution is -2.56. The molecular weight excluding hydrogens is 164 g/mol. The Labute approximate surface area is 80.1 Å². The molecule has 0 amide bonds. The summed E-state index contributed by atoms with van der Waals surface area (Å²) in [5.41, 5.74) is 0. The van der Waals surface area contributed by atoms with E-state index in [-0.39, 0.29) is 0 Å². The van der Waals surface area contributed by atoms with Gasteiger partial charge in [0.2, 0.25) is 0 Å². The van der Waals surface area contributed by atoms with E-state index < -0.39 is 0 Å². The van der Waals surface area contributed by atoms with Gasteiger partial charge in [-0.15, -0.1) is 0 Å². The van der Waals surface area contributed by atoms with Gasteiger partial charge in [-0.25, -0.2) is 0 Å². The molecule has 1 unspecified atom stereocenters. The Morgan fingerprint density at radius 2 is 2.08 bits per heavy atom. The van der Waals surface area contributed by atoms with E-state index in [0.29, 0.717) is 12.6 Å². The number of hydrogen-bond donors (Lipinski definition) is 2. The molecule has 3 rings (SSSR count). The molecule has 3 saturated heterocycles. The molecule has 3 fully saturated rings. The molecule has 0 saturated carbocycles. The second kappa shape index (κ2) is 4.40. The fourth-order valence-corrected chi connectivity index (χ4v) is 2.56. The molecule has 1 atom stereocenters. The molecule has 0 aliphatic carbocycles. The lowest BCUT2D eigenvalue weighted by molar-refractivity contribution is 0.0721. The Balaban J connectivity index is 1.74. The van der Waals surface area contributed by atoms with Crippen molar-refractivity contribution in [3.8, 4) is 0 Å². The third-order valence-corrected chi connectivity index (χ3v) is 3.40. The molecule has 3 aliphatic heterocycles. The molecule has 0 aromatic heterocycles. The highest BCUT2D eigenvalue weighted by molar-refractivity contribution is 4.90. The van der Waals surface area contributed by atoms with Crippen LogP contribution in [0.15, 0.2) is 0 Å². The van der Waals surface area contributed by atoms with E-state index in [1.165, 1.54) is 32.5 Å². The van der Waals surface area contributed by atoms with E-state index in [1.54, 1.807) is 0 Å². The first kappa shape index (κ1) is 9.44. The zero-order valence-electron chi connectivity index (χ0n) is 8.21. The lowest BCUT2D eigenvalue weighted by atomic mass is 9.84. The minimum absolute atomic E-state index is 0.314. The molecule has 0 spiro atoms. The summed E-state index contributed by atoms with van der Waals surface area (Å²) in [4.78, 5) is 2.55. The van der Waals surface area contributed by atoms with Crippen molar-refractivity contribution in [3.63, 3.8) is 0 Å². The third kappa shape index (κ3) is 2.22. The minimum atomic E-state index is 0.314. The van der Waals surface area contributed by atoms with E-state index in [9.17, 15) is 0 Å². The van der Waals surface area contributed by atoms with Gasteiger partial charge in [0.15, 0.2) is 0 Å². The maximum Gasteiger partial charge on any atom is 0.0443 e. The topological polar surface area (TPSA) is 35.5 Å². The van der Waals surface area contributed by atoms with Crippen LogP contribution < -0.4 is 5.32 Å². The highest BCUT2D eigenvalue weighted by atomic mass is 16.3. The van der Waals surface area contributed by atoms with Gasteiger partial charge in [-0.05, 0) is 44.8 Å². The van der Waals surface area contributed by atoms with Gasteiger partial charge in [-0.3, -0.25) is 0 Å². The van der Waals surface area contributed by atoms with Crippen molar-refractivity contribution in [1.29, 1.82) is 0 Å². The SMILES string of the molecule is OCCCNC1CN2CCC1CC2. The highest BCUT2D eigenvalue weighted by Crippen LogP contribution is 2.27. The predicted molar refractivity (Wildman–Crippen MR) is 52.7 cm³/mol. The molecular formula is C10H20N2O. The van der Waals surface area contributed by atoms with Gasteiger partial charge in [0, 0.05) is 19.2 Å². The van der Waals surface area contributed by atoms with Crippen LogP contribution in [0.3, 0.4) is 0 Å². The molecule has 3 aliphatic rings. The number of hydrogen-bond acceptors (Lipinski definition) is 3. The molecule has 3 heterocycles. The first-order valence-electron chi connectivity index (χ1n) is 5.47. The molecule has 2 bridgehead atoms. The van der Waals surface area contributed by atoms with Gasteiger partial charge in [0.05, 0.1) is 0 Å².